The quantitative estimate of drug-likeness (QED) is 0.299. The number of benzene rings is 3. The molecule has 3 aromatic carbocycles. The van der Waals surface area contributed by atoms with Crippen molar-refractivity contribution in [3.8, 4) is 0 Å². The summed E-state index contributed by atoms with van der Waals surface area (Å²) in [7, 11) is 0. The number of aryl methyl sites for hydroxylation is 1. The minimum atomic E-state index is -1.27. The summed E-state index contributed by atoms with van der Waals surface area (Å²) in [6.07, 6.45) is 0.704. The van der Waals surface area contributed by atoms with E-state index >= 15 is 0 Å². The second kappa shape index (κ2) is 8.42. The van der Waals surface area contributed by atoms with Gasteiger partial charge in [0.2, 0.25) is 17.7 Å². The Hall–Kier alpha value is -2.67. The van der Waals surface area contributed by atoms with E-state index in [1.807, 2.05) is 67.6 Å². The first kappa shape index (κ1) is 24.7. The number of carbonyl (C=O) groups excluding carboxylic acids is 3. The van der Waals surface area contributed by atoms with Gasteiger partial charge in [-0.3, -0.25) is 19.3 Å². The molecule has 3 atom stereocenters. The predicted molar refractivity (Wildman–Crippen MR) is 147 cm³/mol. The third kappa shape index (κ3) is 3.12. The van der Waals surface area contributed by atoms with Crippen molar-refractivity contribution in [2.45, 2.75) is 36.1 Å². The van der Waals surface area contributed by atoms with Crippen LogP contribution in [0, 0.1) is 11.8 Å². The highest BCUT2D eigenvalue weighted by atomic mass is 79.9. The van der Waals surface area contributed by atoms with Gasteiger partial charge in [-0.1, -0.05) is 71.4 Å². The molecule has 5 nitrogen and oxygen atoms in total. The van der Waals surface area contributed by atoms with Crippen LogP contribution in [-0.2, 0) is 30.6 Å². The number of hydrogen-bond donors (Lipinski definition) is 1. The Morgan fingerprint density at radius 2 is 1.38 bits per heavy atom. The summed E-state index contributed by atoms with van der Waals surface area (Å²) in [5, 5.41) is 2.91. The highest BCUT2D eigenvalue weighted by molar-refractivity contribution is 9.10. The minimum Gasteiger partial charge on any atom is -0.324 e. The lowest BCUT2D eigenvalue weighted by molar-refractivity contribution is -0.146. The number of nitrogens with one attached hydrogen (secondary N) is 1. The van der Waals surface area contributed by atoms with Gasteiger partial charge in [-0.2, -0.15) is 0 Å². The SMILES string of the molecule is CCc1cc(Br)ccc1NC(=O)[C@H](C)N1C(=O)[C@@H]2[C@H](C1=O)C1(Cl)c3ccccc3C2(Cl)c2ccccc21. The normalized spacial score (nSPS) is 28.0. The second-order valence-electron chi connectivity index (χ2n) is 9.84. The number of carbonyl (C=O) groups is 3. The van der Waals surface area contributed by atoms with Crippen molar-refractivity contribution in [3.05, 3.63) is 99.0 Å². The van der Waals surface area contributed by atoms with E-state index in [2.05, 4.69) is 21.2 Å². The van der Waals surface area contributed by atoms with Crippen molar-refractivity contribution in [1.29, 1.82) is 0 Å². The molecule has 2 bridgehead atoms. The average Bonchev–Trinajstić information content (AvgIpc) is 3.18. The number of likely N-dealkylation sites (tertiary alicyclic amines) is 1. The molecule has 4 aliphatic rings. The molecule has 3 aliphatic carbocycles. The molecule has 0 aromatic heterocycles. The third-order valence-corrected chi connectivity index (χ3v) is 9.87. The molecule has 7 rings (SSSR count). The van der Waals surface area contributed by atoms with Crippen LogP contribution in [0.1, 0.15) is 41.7 Å². The first-order valence-electron chi connectivity index (χ1n) is 12.2. The molecular weight excluding hydrogens is 575 g/mol. The topological polar surface area (TPSA) is 66.5 Å². The molecule has 1 heterocycles. The van der Waals surface area contributed by atoms with Gasteiger partial charge >= 0.3 is 0 Å². The molecule has 0 unspecified atom stereocenters. The Morgan fingerprint density at radius 1 is 0.919 bits per heavy atom. The first-order chi connectivity index (χ1) is 17.6. The number of alkyl halides is 2. The van der Waals surface area contributed by atoms with E-state index in [0.29, 0.717) is 12.1 Å². The smallest absolute Gasteiger partial charge is 0.247 e. The van der Waals surface area contributed by atoms with Crippen LogP contribution in [0.15, 0.2) is 71.2 Å². The van der Waals surface area contributed by atoms with Gasteiger partial charge < -0.3 is 5.32 Å². The fourth-order valence-corrected chi connectivity index (χ4v) is 7.91. The van der Waals surface area contributed by atoms with E-state index in [9.17, 15) is 14.4 Å². The molecule has 1 aliphatic heterocycles. The fraction of sp³-hybridized carbons (Fsp3) is 0.276. The zero-order valence-corrected chi connectivity index (χ0v) is 23.2. The number of nitrogens with zero attached hydrogens (tertiary/aromatic N) is 1. The molecule has 1 N–H and O–H groups in total. The molecule has 37 heavy (non-hydrogen) atoms. The van der Waals surface area contributed by atoms with E-state index in [1.54, 1.807) is 13.0 Å². The molecule has 3 aromatic rings. The summed E-state index contributed by atoms with van der Waals surface area (Å²) >= 11 is 18.4. The van der Waals surface area contributed by atoms with Crippen LogP contribution in [0.25, 0.3) is 0 Å². The van der Waals surface area contributed by atoms with Gasteiger partial charge in [0.05, 0.1) is 11.8 Å². The van der Waals surface area contributed by atoms with Gasteiger partial charge in [0, 0.05) is 10.2 Å². The molecule has 1 fully saturated rings. The van der Waals surface area contributed by atoms with Gasteiger partial charge in [-0.15, -0.1) is 23.2 Å². The summed E-state index contributed by atoms with van der Waals surface area (Å²) < 4.78 is 0.902. The van der Waals surface area contributed by atoms with Crippen molar-refractivity contribution in [3.63, 3.8) is 0 Å². The van der Waals surface area contributed by atoms with Gasteiger partial charge in [0.1, 0.15) is 15.8 Å². The van der Waals surface area contributed by atoms with Gasteiger partial charge in [0.15, 0.2) is 0 Å². The van der Waals surface area contributed by atoms with E-state index < -0.39 is 45.3 Å². The Bertz CT molecular complexity index is 1380. The molecule has 1 saturated heterocycles. The maximum Gasteiger partial charge on any atom is 0.247 e. The summed E-state index contributed by atoms with van der Waals surface area (Å²) in [6.45, 7) is 3.56. The van der Waals surface area contributed by atoms with Gasteiger partial charge in [0.25, 0.3) is 0 Å². The van der Waals surface area contributed by atoms with Crippen LogP contribution in [0.2, 0.25) is 0 Å². The maximum absolute atomic E-state index is 14.0. The van der Waals surface area contributed by atoms with Crippen molar-refractivity contribution in [2.24, 2.45) is 11.8 Å². The van der Waals surface area contributed by atoms with Gasteiger partial charge in [-0.25, -0.2) is 0 Å². The molecule has 8 heteroatoms. The number of amides is 3. The van der Waals surface area contributed by atoms with E-state index in [0.717, 1.165) is 37.2 Å². The first-order valence-corrected chi connectivity index (χ1v) is 13.7. The number of halogens is 3. The van der Waals surface area contributed by atoms with Crippen molar-refractivity contribution < 1.29 is 14.4 Å². The average molecular weight is 598 g/mol. The Balaban J connectivity index is 1.43. The molecule has 188 valence electrons. The van der Waals surface area contributed by atoms with Crippen molar-refractivity contribution in [2.75, 3.05) is 5.32 Å². The molecule has 0 spiro atoms. The molecule has 3 amide bonds. The van der Waals surface area contributed by atoms with Crippen LogP contribution in [0.4, 0.5) is 5.69 Å². The van der Waals surface area contributed by atoms with E-state index in [1.165, 1.54) is 0 Å². The summed E-state index contributed by atoms with van der Waals surface area (Å²) in [5.74, 6) is -3.27. The monoisotopic (exact) mass is 596 g/mol. The number of imide groups is 1. The largest absolute Gasteiger partial charge is 0.324 e. The summed E-state index contributed by atoms with van der Waals surface area (Å²) in [6, 6.07) is 19.5. The highest BCUT2D eigenvalue weighted by Gasteiger charge is 2.73. The van der Waals surface area contributed by atoms with Crippen LogP contribution < -0.4 is 5.32 Å². The lowest BCUT2D eigenvalue weighted by atomic mass is 9.54. The van der Waals surface area contributed by atoms with Crippen LogP contribution in [0.5, 0.6) is 0 Å². The van der Waals surface area contributed by atoms with E-state index in [4.69, 9.17) is 23.2 Å². The lowest BCUT2D eigenvalue weighted by Gasteiger charge is -2.54. The molecule has 0 radical (unpaired) electrons. The summed E-state index contributed by atoms with van der Waals surface area (Å²) in [4.78, 5) is 40.0. The Labute approximate surface area is 233 Å². The standard InChI is InChI=1S/C29H23BrCl2N2O3/c1-3-16-14-17(30)12-13-22(16)33-25(35)15(2)34-26(36)23-24(27(34)37)29(32)19-9-5-4-8-18(19)28(23,31)20-10-6-7-11-21(20)29/h4-15,23-24H,3H2,1-2H3,(H,33,35)/t15-,23-,24+,28?,29?/m0/s1. The zero-order chi connectivity index (χ0) is 26.3. The van der Waals surface area contributed by atoms with Crippen LogP contribution >= 0.6 is 39.1 Å². The molecule has 0 saturated carbocycles. The fourth-order valence-electron chi connectivity index (χ4n) is 6.40. The number of anilines is 1. The Kier molecular flexibility index (Phi) is 5.61. The predicted octanol–water partition coefficient (Wildman–Crippen LogP) is 5.93. The lowest BCUT2D eigenvalue weighted by Crippen LogP contribution is -2.57. The van der Waals surface area contributed by atoms with E-state index in [-0.39, 0.29) is 0 Å². The maximum atomic E-state index is 14.0. The van der Waals surface area contributed by atoms with Crippen LogP contribution in [-0.4, -0.2) is 28.7 Å². The second-order valence-corrected chi connectivity index (χ2v) is 11.9. The number of hydrogen-bond acceptors (Lipinski definition) is 3. The zero-order valence-electron chi connectivity index (χ0n) is 20.1. The van der Waals surface area contributed by atoms with Crippen molar-refractivity contribution in [1.82, 2.24) is 4.90 Å². The third-order valence-electron chi connectivity index (χ3n) is 8.09. The Morgan fingerprint density at radius 3 is 1.81 bits per heavy atom. The molecular formula is C29H23BrCl2N2O3. The van der Waals surface area contributed by atoms with Crippen LogP contribution in [0.3, 0.4) is 0 Å². The highest BCUT2D eigenvalue weighted by Crippen LogP contribution is 2.69. The summed E-state index contributed by atoms with van der Waals surface area (Å²) in [5.41, 5.74) is 4.50. The van der Waals surface area contributed by atoms with Crippen molar-refractivity contribution >= 4 is 62.5 Å². The minimum absolute atomic E-state index is 0.452. The van der Waals surface area contributed by atoms with Gasteiger partial charge in [-0.05, 0) is 59.4 Å². The number of rotatable bonds is 4.